The van der Waals surface area contributed by atoms with Gasteiger partial charge in [0.25, 0.3) is 0 Å². The van der Waals surface area contributed by atoms with Gasteiger partial charge in [-0.1, -0.05) is 6.58 Å². The number of rotatable bonds is 5. The van der Waals surface area contributed by atoms with Crippen LogP contribution in [0.15, 0.2) is 12.7 Å². The van der Waals surface area contributed by atoms with E-state index in [0.29, 0.717) is 6.61 Å². The molecule has 3 heteroatoms. The average molecular weight is 160 g/mol. The fourth-order valence-electron chi connectivity index (χ4n) is 0.478. The van der Waals surface area contributed by atoms with Gasteiger partial charge in [0.05, 0.1) is 6.61 Å². The third-order valence-electron chi connectivity index (χ3n) is 1.01. The Kier molecular flexibility index (Phi) is 6.51. The predicted molar refractivity (Wildman–Crippen MR) is 45.0 cm³/mol. The summed E-state index contributed by atoms with van der Waals surface area (Å²) in [7, 11) is 2.62. The molecular formula is C7H13O2P. The number of hydrogen-bond donors (Lipinski definition) is 0. The van der Waals surface area contributed by atoms with E-state index in [4.69, 9.17) is 4.74 Å². The number of ether oxygens (including phenoxy) is 1. The van der Waals surface area contributed by atoms with E-state index in [1.807, 2.05) is 0 Å². The fourth-order valence-corrected chi connectivity index (χ4v) is 0.767. The summed E-state index contributed by atoms with van der Waals surface area (Å²) < 4.78 is 4.73. The van der Waals surface area contributed by atoms with Crippen LogP contribution in [-0.4, -0.2) is 18.7 Å². The molecule has 0 bridgehead atoms. The van der Waals surface area contributed by atoms with Crippen LogP contribution < -0.4 is 0 Å². The zero-order valence-electron chi connectivity index (χ0n) is 6.01. The van der Waals surface area contributed by atoms with Crippen LogP contribution in [-0.2, 0) is 9.53 Å². The van der Waals surface area contributed by atoms with Crippen molar-refractivity contribution < 1.29 is 9.53 Å². The standard InChI is InChI=1S/C7H13O2P/c1-2-7(8)9-5-3-4-6-10/h2H,1,3-6,10H2. The first-order chi connectivity index (χ1) is 4.81. The molecule has 2 nitrogen and oxygen atoms in total. The van der Waals surface area contributed by atoms with Crippen molar-refractivity contribution in [1.82, 2.24) is 0 Å². The van der Waals surface area contributed by atoms with Gasteiger partial charge in [0.2, 0.25) is 0 Å². The Bertz CT molecular complexity index is 112. The molecule has 0 aliphatic heterocycles. The summed E-state index contributed by atoms with van der Waals surface area (Å²) in [6, 6.07) is 0. The van der Waals surface area contributed by atoms with Crippen molar-refractivity contribution in [1.29, 1.82) is 0 Å². The third kappa shape index (κ3) is 5.77. The Labute approximate surface area is 63.8 Å². The van der Waals surface area contributed by atoms with Gasteiger partial charge in [-0.3, -0.25) is 0 Å². The lowest BCUT2D eigenvalue weighted by Gasteiger charge is -1.98. The molecule has 0 rings (SSSR count). The lowest BCUT2D eigenvalue weighted by Crippen LogP contribution is -2.01. The van der Waals surface area contributed by atoms with Crippen LogP contribution in [0.5, 0.6) is 0 Å². The molecule has 0 aromatic carbocycles. The maximum atomic E-state index is 10.4. The molecule has 0 aromatic heterocycles. The number of hydrogen-bond acceptors (Lipinski definition) is 2. The van der Waals surface area contributed by atoms with Crippen molar-refractivity contribution >= 4 is 15.2 Å². The summed E-state index contributed by atoms with van der Waals surface area (Å²) in [6.45, 7) is 3.79. The molecule has 10 heavy (non-hydrogen) atoms. The second-order valence-corrected chi connectivity index (χ2v) is 2.44. The SMILES string of the molecule is C=CC(=O)OCCCCP. The van der Waals surface area contributed by atoms with Gasteiger partial charge >= 0.3 is 5.97 Å². The van der Waals surface area contributed by atoms with Gasteiger partial charge in [-0.15, -0.1) is 9.24 Å². The van der Waals surface area contributed by atoms with Gasteiger partial charge in [-0.25, -0.2) is 4.79 Å². The molecule has 0 aromatic rings. The summed E-state index contributed by atoms with van der Waals surface area (Å²) in [5.74, 6) is -0.330. The highest BCUT2D eigenvalue weighted by Crippen LogP contribution is 1.94. The van der Waals surface area contributed by atoms with Crippen molar-refractivity contribution in [3.8, 4) is 0 Å². The molecule has 0 saturated heterocycles. The van der Waals surface area contributed by atoms with Crippen molar-refractivity contribution in [2.75, 3.05) is 12.8 Å². The van der Waals surface area contributed by atoms with Gasteiger partial charge in [-0.2, -0.15) is 0 Å². The topological polar surface area (TPSA) is 26.3 Å². The van der Waals surface area contributed by atoms with Crippen LogP contribution in [0.1, 0.15) is 12.8 Å². The zero-order chi connectivity index (χ0) is 7.82. The van der Waals surface area contributed by atoms with E-state index in [0.717, 1.165) is 19.0 Å². The Hall–Kier alpha value is -0.360. The van der Waals surface area contributed by atoms with E-state index < -0.39 is 0 Å². The van der Waals surface area contributed by atoms with Crippen molar-refractivity contribution in [3.05, 3.63) is 12.7 Å². The summed E-state index contributed by atoms with van der Waals surface area (Å²) in [6.07, 6.45) is 4.25. The molecule has 58 valence electrons. The molecule has 1 unspecified atom stereocenters. The maximum Gasteiger partial charge on any atom is 0.330 e. The molecule has 0 aliphatic carbocycles. The van der Waals surface area contributed by atoms with Crippen molar-refractivity contribution in [3.63, 3.8) is 0 Å². The minimum atomic E-state index is -0.330. The molecule has 0 heterocycles. The summed E-state index contributed by atoms with van der Waals surface area (Å²) in [5.41, 5.74) is 0. The fraction of sp³-hybridized carbons (Fsp3) is 0.571. The second kappa shape index (κ2) is 6.76. The van der Waals surface area contributed by atoms with Crippen LogP contribution >= 0.6 is 9.24 Å². The molecule has 0 spiro atoms. The van der Waals surface area contributed by atoms with Crippen LogP contribution in [0, 0.1) is 0 Å². The minimum absolute atomic E-state index is 0.330. The van der Waals surface area contributed by atoms with Crippen LogP contribution in [0.25, 0.3) is 0 Å². The summed E-state index contributed by atoms with van der Waals surface area (Å²) in [4.78, 5) is 10.4. The van der Waals surface area contributed by atoms with Gasteiger partial charge < -0.3 is 4.74 Å². The van der Waals surface area contributed by atoms with E-state index in [1.54, 1.807) is 0 Å². The van der Waals surface area contributed by atoms with Crippen LogP contribution in [0.3, 0.4) is 0 Å². The van der Waals surface area contributed by atoms with E-state index in [-0.39, 0.29) is 5.97 Å². The number of carbonyl (C=O) groups excluding carboxylic acids is 1. The maximum absolute atomic E-state index is 10.4. The number of carbonyl (C=O) groups is 1. The van der Waals surface area contributed by atoms with E-state index in [1.165, 1.54) is 6.08 Å². The first-order valence-electron chi connectivity index (χ1n) is 3.30. The quantitative estimate of drug-likeness (QED) is 0.263. The number of esters is 1. The Balaban J connectivity index is 3.03. The zero-order valence-corrected chi connectivity index (χ0v) is 7.16. The van der Waals surface area contributed by atoms with Crippen LogP contribution in [0.2, 0.25) is 0 Å². The smallest absolute Gasteiger partial charge is 0.330 e. The third-order valence-corrected chi connectivity index (χ3v) is 1.42. The van der Waals surface area contributed by atoms with E-state index >= 15 is 0 Å². The highest BCUT2D eigenvalue weighted by molar-refractivity contribution is 7.16. The Morgan fingerprint density at radius 3 is 2.80 bits per heavy atom. The molecule has 0 N–H and O–H groups in total. The van der Waals surface area contributed by atoms with Crippen molar-refractivity contribution in [2.45, 2.75) is 12.8 Å². The predicted octanol–water partition coefficient (Wildman–Crippen LogP) is 1.37. The second-order valence-electron chi connectivity index (χ2n) is 1.87. The highest BCUT2D eigenvalue weighted by Gasteiger charge is 1.92. The molecule has 0 radical (unpaired) electrons. The van der Waals surface area contributed by atoms with Crippen LogP contribution in [0.4, 0.5) is 0 Å². The monoisotopic (exact) mass is 160 g/mol. The van der Waals surface area contributed by atoms with Gasteiger partial charge in [0.15, 0.2) is 0 Å². The lowest BCUT2D eigenvalue weighted by atomic mass is 10.4. The van der Waals surface area contributed by atoms with Crippen molar-refractivity contribution in [2.24, 2.45) is 0 Å². The molecule has 1 atom stereocenters. The highest BCUT2D eigenvalue weighted by atomic mass is 31.0. The van der Waals surface area contributed by atoms with E-state index in [9.17, 15) is 4.79 Å². The summed E-state index contributed by atoms with van der Waals surface area (Å²) in [5, 5.41) is 0. The van der Waals surface area contributed by atoms with Gasteiger partial charge in [-0.05, 0) is 19.0 Å². The molecular weight excluding hydrogens is 147 g/mol. The average Bonchev–Trinajstić information content (AvgIpc) is 1.98. The molecule has 0 fully saturated rings. The first kappa shape index (κ1) is 9.64. The Morgan fingerprint density at radius 2 is 2.30 bits per heavy atom. The Morgan fingerprint density at radius 1 is 1.60 bits per heavy atom. The van der Waals surface area contributed by atoms with Gasteiger partial charge in [0, 0.05) is 6.08 Å². The summed E-state index contributed by atoms with van der Waals surface area (Å²) >= 11 is 0. The molecule has 0 amide bonds. The first-order valence-corrected chi connectivity index (χ1v) is 4.12. The molecule has 0 saturated carbocycles. The lowest BCUT2D eigenvalue weighted by molar-refractivity contribution is -0.137. The minimum Gasteiger partial charge on any atom is -0.463 e. The van der Waals surface area contributed by atoms with Gasteiger partial charge in [0.1, 0.15) is 0 Å². The largest absolute Gasteiger partial charge is 0.463 e. The van der Waals surface area contributed by atoms with E-state index in [2.05, 4.69) is 15.8 Å². The normalized spacial score (nSPS) is 8.90. The number of unbranched alkanes of at least 4 members (excludes halogenated alkanes) is 1. The molecule has 0 aliphatic rings.